The zero-order valence-electron chi connectivity index (χ0n) is 9.23. The number of nitro benzene ring substituents is 1. The number of rotatable bonds is 3. The van der Waals surface area contributed by atoms with E-state index in [-0.39, 0.29) is 36.2 Å². The lowest BCUT2D eigenvalue weighted by Gasteiger charge is -2.18. The average molecular weight is 247 g/mol. The zero-order chi connectivity index (χ0) is 13.1. The van der Waals surface area contributed by atoms with E-state index in [0.717, 1.165) is 0 Å². The number of anilines is 2. The molecule has 1 aliphatic heterocycles. The third kappa shape index (κ3) is 2.17. The smallest absolute Gasteiger partial charge is 0.296 e. The van der Waals surface area contributed by atoms with Crippen molar-refractivity contribution in [1.82, 2.24) is 0 Å². The molecular weight excluding hydrogens is 238 g/mol. The Labute approximate surface area is 102 Å². The number of carbonyl (C=O) groups excluding carboxylic acids is 1. The lowest BCUT2D eigenvalue weighted by atomic mass is 10.2. The molecule has 7 nitrogen and oxygen atoms in total. The molecule has 1 aromatic rings. The molecule has 0 aromatic heterocycles. The Morgan fingerprint density at radius 2 is 2.39 bits per heavy atom. The Kier molecular flexibility index (Phi) is 3.02. The van der Waals surface area contributed by atoms with Gasteiger partial charge in [-0.2, -0.15) is 0 Å². The minimum atomic E-state index is -0.543. The largest absolute Gasteiger partial charge is 0.481 e. The molecule has 1 aromatic carbocycles. The lowest BCUT2D eigenvalue weighted by Crippen LogP contribution is -2.25. The number of amides is 1. The molecule has 0 bridgehead atoms. The fraction of sp³-hybridized carbons (Fsp3) is 0.182. The summed E-state index contributed by atoms with van der Waals surface area (Å²) in [6, 6.07) is 2.69. The third-order valence-electron chi connectivity index (χ3n) is 2.31. The number of ether oxygens (including phenoxy) is 1. The summed E-state index contributed by atoms with van der Waals surface area (Å²) < 4.78 is 5.10. The Hall–Kier alpha value is -2.75. The maximum atomic E-state index is 11.1. The van der Waals surface area contributed by atoms with E-state index < -0.39 is 4.92 Å². The molecule has 0 unspecified atom stereocenters. The van der Waals surface area contributed by atoms with Gasteiger partial charge in [0.05, 0.1) is 23.2 Å². The monoisotopic (exact) mass is 247 g/mol. The van der Waals surface area contributed by atoms with Crippen molar-refractivity contribution in [2.24, 2.45) is 0 Å². The van der Waals surface area contributed by atoms with Gasteiger partial charge in [-0.1, -0.05) is 5.92 Å². The van der Waals surface area contributed by atoms with Gasteiger partial charge < -0.3 is 15.4 Å². The molecule has 2 N–H and O–H groups in total. The van der Waals surface area contributed by atoms with E-state index in [1.807, 2.05) is 0 Å². The van der Waals surface area contributed by atoms with Crippen LogP contribution < -0.4 is 15.4 Å². The van der Waals surface area contributed by atoms with Crippen molar-refractivity contribution < 1.29 is 14.5 Å². The second kappa shape index (κ2) is 4.63. The average Bonchev–Trinajstić information content (AvgIpc) is 2.34. The normalized spacial score (nSPS) is 12.7. The Morgan fingerprint density at radius 3 is 3.06 bits per heavy atom. The van der Waals surface area contributed by atoms with E-state index in [4.69, 9.17) is 11.2 Å². The number of nitro groups is 1. The molecule has 0 atom stereocenters. The molecule has 1 heterocycles. The van der Waals surface area contributed by atoms with Crippen molar-refractivity contribution >= 4 is 23.0 Å². The number of hydrogen-bond acceptors (Lipinski definition) is 5. The van der Waals surface area contributed by atoms with Crippen molar-refractivity contribution in [3.8, 4) is 18.1 Å². The predicted octanol–water partition coefficient (Wildman–Crippen LogP) is 0.971. The Balaban J connectivity index is 2.44. The summed E-state index contributed by atoms with van der Waals surface area (Å²) in [4.78, 5) is 21.5. The summed E-state index contributed by atoms with van der Waals surface area (Å²) in [6.45, 7) is -0.00425. The Morgan fingerprint density at radius 1 is 1.61 bits per heavy atom. The predicted molar refractivity (Wildman–Crippen MR) is 64.5 cm³/mol. The molecule has 1 amide bonds. The van der Waals surface area contributed by atoms with E-state index in [1.54, 1.807) is 0 Å². The molecule has 7 heteroatoms. The van der Waals surface area contributed by atoms with Gasteiger partial charge >= 0.3 is 0 Å². The first-order valence-electron chi connectivity index (χ1n) is 5.04. The molecule has 0 spiro atoms. The van der Waals surface area contributed by atoms with Crippen LogP contribution in [0.15, 0.2) is 12.1 Å². The van der Waals surface area contributed by atoms with Gasteiger partial charge in [0.1, 0.15) is 5.69 Å². The number of terminal acetylenes is 1. The highest BCUT2D eigenvalue weighted by Gasteiger charge is 2.23. The highest BCUT2D eigenvalue weighted by Crippen LogP contribution is 2.37. The van der Waals surface area contributed by atoms with Gasteiger partial charge in [-0.25, -0.2) is 0 Å². The molecule has 92 valence electrons. The number of hydrogen-bond donors (Lipinski definition) is 2. The van der Waals surface area contributed by atoms with Gasteiger partial charge in [-0.05, 0) is 6.07 Å². The zero-order valence-corrected chi connectivity index (χ0v) is 9.23. The SMILES string of the molecule is C#CCNc1cc2c(cc1[N+](=O)[O-])OCC(=O)N2. The molecule has 0 aliphatic carbocycles. The fourth-order valence-electron chi connectivity index (χ4n) is 1.55. The van der Waals surface area contributed by atoms with Crippen LogP contribution in [-0.2, 0) is 4.79 Å². The van der Waals surface area contributed by atoms with Crippen LogP contribution in [0.2, 0.25) is 0 Å². The Bertz CT molecular complexity index is 562. The summed E-state index contributed by atoms with van der Waals surface area (Å²) in [5, 5.41) is 16.2. The number of benzene rings is 1. The maximum absolute atomic E-state index is 11.1. The van der Waals surface area contributed by atoms with Gasteiger partial charge in [-0.3, -0.25) is 14.9 Å². The van der Waals surface area contributed by atoms with E-state index in [2.05, 4.69) is 16.6 Å². The van der Waals surface area contributed by atoms with Gasteiger partial charge in [0, 0.05) is 0 Å². The maximum Gasteiger partial charge on any atom is 0.296 e. The number of fused-ring (bicyclic) bond motifs is 1. The molecule has 0 saturated heterocycles. The van der Waals surface area contributed by atoms with Crippen molar-refractivity contribution in [3.63, 3.8) is 0 Å². The quantitative estimate of drug-likeness (QED) is 0.471. The summed E-state index contributed by atoms with van der Waals surface area (Å²) in [5.74, 6) is 2.28. The van der Waals surface area contributed by atoms with Crippen LogP contribution in [0.25, 0.3) is 0 Å². The number of nitrogens with one attached hydrogen (secondary N) is 2. The molecule has 1 aliphatic rings. The van der Waals surface area contributed by atoms with E-state index >= 15 is 0 Å². The van der Waals surface area contributed by atoms with Crippen molar-refractivity contribution in [2.45, 2.75) is 0 Å². The molecule has 18 heavy (non-hydrogen) atoms. The number of nitrogens with zero attached hydrogens (tertiary/aromatic N) is 1. The van der Waals surface area contributed by atoms with Crippen LogP contribution in [0.3, 0.4) is 0 Å². The molecule has 0 radical (unpaired) electrons. The van der Waals surface area contributed by atoms with E-state index in [0.29, 0.717) is 5.69 Å². The highest BCUT2D eigenvalue weighted by atomic mass is 16.6. The summed E-state index contributed by atoms with van der Waals surface area (Å²) in [7, 11) is 0. The highest BCUT2D eigenvalue weighted by molar-refractivity contribution is 5.96. The molecule has 0 saturated carbocycles. The second-order valence-electron chi connectivity index (χ2n) is 3.52. The summed E-state index contributed by atoms with van der Waals surface area (Å²) >= 11 is 0. The lowest BCUT2D eigenvalue weighted by molar-refractivity contribution is -0.384. The van der Waals surface area contributed by atoms with Gasteiger partial charge in [-0.15, -0.1) is 6.42 Å². The van der Waals surface area contributed by atoms with Crippen LogP contribution in [0.1, 0.15) is 0 Å². The fourth-order valence-corrected chi connectivity index (χ4v) is 1.55. The van der Waals surface area contributed by atoms with Gasteiger partial charge in [0.15, 0.2) is 12.4 Å². The topological polar surface area (TPSA) is 93.5 Å². The molecule has 0 fully saturated rings. The molecule has 2 rings (SSSR count). The van der Waals surface area contributed by atoms with Crippen molar-refractivity contribution in [3.05, 3.63) is 22.2 Å². The van der Waals surface area contributed by atoms with Crippen molar-refractivity contribution in [1.29, 1.82) is 0 Å². The first-order valence-corrected chi connectivity index (χ1v) is 5.04. The summed E-state index contributed by atoms with van der Waals surface area (Å²) in [6.07, 6.45) is 5.09. The van der Waals surface area contributed by atoms with E-state index in [9.17, 15) is 14.9 Å². The molecular formula is C11H9N3O4. The minimum Gasteiger partial charge on any atom is -0.481 e. The minimum absolute atomic E-state index is 0.147. The van der Waals surface area contributed by atoms with Gasteiger partial charge in [0.2, 0.25) is 0 Å². The second-order valence-corrected chi connectivity index (χ2v) is 3.52. The van der Waals surface area contributed by atoms with Crippen molar-refractivity contribution in [2.75, 3.05) is 23.8 Å². The first-order chi connectivity index (χ1) is 8.61. The van der Waals surface area contributed by atoms with Crippen LogP contribution in [-0.4, -0.2) is 24.0 Å². The van der Waals surface area contributed by atoms with Crippen LogP contribution >= 0.6 is 0 Å². The van der Waals surface area contributed by atoms with Gasteiger partial charge in [0.25, 0.3) is 11.6 Å². The first kappa shape index (κ1) is 11.7. The van der Waals surface area contributed by atoms with Crippen LogP contribution in [0.4, 0.5) is 17.1 Å². The third-order valence-corrected chi connectivity index (χ3v) is 2.31. The van der Waals surface area contributed by atoms with E-state index in [1.165, 1.54) is 12.1 Å². The summed E-state index contributed by atoms with van der Waals surface area (Å²) in [5.41, 5.74) is 0.471. The number of carbonyl (C=O) groups is 1. The van der Waals surface area contributed by atoms with Crippen LogP contribution in [0.5, 0.6) is 5.75 Å². The standard InChI is InChI=1S/C11H9N3O4/c1-2-3-12-7-4-8-10(5-9(7)14(16)17)18-6-11(15)13-8/h1,4-5,12H,3,6H2,(H,13,15). The van der Waals surface area contributed by atoms with Crippen LogP contribution in [0, 0.1) is 22.5 Å².